The van der Waals surface area contributed by atoms with E-state index in [1.54, 1.807) is 23.7 Å². The van der Waals surface area contributed by atoms with Crippen molar-refractivity contribution >= 4 is 16.9 Å². The lowest BCUT2D eigenvalue weighted by Crippen LogP contribution is -2.41. The van der Waals surface area contributed by atoms with Crippen LogP contribution in [-0.2, 0) is 7.05 Å². The van der Waals surface area contributed by atoms with Crippen LogP contribution in [0, 0.1) is 0 Å². The molecule has 0 atom stereocenters. The Kier molecular flexibility index (Phi) is 1.93. The number of benzene rings is 1. The number of fused-ring (bicyclic) bond motifs is 1. The van der Waals surface area contributed by atoms with Crippen LogP contribution >= 0.6 is 0 Å². The summed E-state index contributed by atoms with van der Waals surface area (Å²) in [6.07, 6.45) is 0. The van der Waals surface area contributed by atoms with Crippen molar-refractivity contribution in [3.8, 4) is 0 Å². The van der Waals surface area contributed by atoms with Gasteiger partial charge in [0.15, 0.2) is 0 Å². The molecule has 0 N–H and O–H groups in total. The highest BCUT2D eigenvalue weighted by Crippen LogP contribution is 2.09. The van der Waals surface area contributed by atoms with E-state index < -0.39 is 5.97 Å². The highest BCUT2D eigenvalue weighted by molar-refractivity contribution is 5.85. The van der Waals surface area contributed by atoms with Crippen LogP contribution in [0.2, 0.25) is 0 Å². The number of aromatic carboxylic acids is 1. The fourth-order valence-corrected chi connectivity index (χ4v) is 1.55. The summed E-state index contributed by atoms with van der Waals surface area (Å²) in [5, 5.41) is 11.7. The van der Waals surface area contributed by atoms with E-state index in [1.165, 1.54) is 0 Å². The number of aryl methyl sites for hydroxylation is 1. The van der Waals surface area contributed by atoms with Gasteiger partial charge >= 0.3 is 0 Å². The Bertz CT molecular complexity index is 506. The molecule has 0 saturated heterocycles. The molecule has 3 heteroatoms. The molecule has 1 aromatic heterocycles. The van der Waals surface area contributed by atoms with E-state index in [-0.39, 0.29) is 5.69 Å². The minimum absolute atomic E-state index is 0.184. The first-order valence-electron chi connectivity index (χ1n) is 4.29. The minimum atomic E-state index is -1.15. The van der Waals surface area contributed by atoms with Gasteiger partial charge in [-0.3, -0.25) is 0 Å². The normalized spacial score (nSPS) is 10.4. The third-order valence-corrected chi connectivity index (χ3v) is 2.29. The van der Waals surface area contributed by atoms with Gasteiger partial charge in [0.2, 0.25) is 11.2 Å². The van der Waals surface area contributed by atoms with Crippen LogP contribution < -0.4 is 9.67 Å². The van der Waals surface area contributed by atoms with Crippen LogP contribution in [0.15, 0.2) is 36.4 Å². The van der Waals surface area contributed by atoms with Gasteiger partial charge in [0.25, 0.3) is 0 Å². The molecule has 14 heavy (non-hydrogen) atoms. The van der Waals surface area contributed by atoms with E-state index in [1.807, 2.05) is 24.3 Å². The molecular weight excluding hydrogens is 178 g/mol. The summed E-state index contributed by atoms with van der Waals surface area (Å²) in [4.78, 5) is 10.7. The van der Waals surface area contributed by atoms with E-state index in [4.69, 9.17) is 0 Å². The SMILES string of the molecule is C[n+]1c(C(=O)[O-])ccc2ccccc21. The quantitative estimate of drug-likeness (QED) is 0.591. The Morgan fingerprint density at radius 3 is 2.64 bits per heavy atom. The summed E-state index contributed by atoms with van der Waals surface area (Å²) in [6, 6.07) is 10.9. The van der Waals surface area contributed by atoms with Gasteiger partial charge < -0.3 is 9.90 Å². The number of carbonyl (C=O) groups is 1. The molecule has 1 aromatic carbocycles. The first-order chi connectivity index (χ1) is 6.70. The third kappa shape index (κ3) is 1.23. The number of nitrogens with zero attached hydrogens (tertiary/aromatic N) is 1. The number of carboxylic acids is 1. The van der Waals surface area contributed by atoms with Crippen molar-refractivity contribution in [1.29, 1.82) is 0 Å². The van der Waals surface area contributed by atoms with Gasteiger partial charge in [0, 0.05) is 17.5 Å². The van der Waals surface area contributed by atoms with Gasteiger partial charge in [-0.1, -0.05) is 12.1 Å². The predicted molar refractivity (Wildman–Crippen MR) is 49.5 cm³/mol. The second kappa shape index (κ2) is 3.10. The van der Waals surface area contributed by atoms with Crippen molar-refractivity contribution in [2.24, 2.45) is 7.05 Å². The zero-order chi connectivity index (χ0) is 10.1. The van der Waals surface area contributed by atoms with Crippen LogP contribution in [0.3, 0.4) is 0 Å². The number of hydrogen-bond acceptors (Lipinski definition) is 2. The molecular formula is C11H9NO2. The molecule has 0 aliphatic rings. The zero-order valence-electron chi connectivity index (χ0n) is 7.73. The van der Waals surface area contributed by atoms with Gasteiger partial charge in [-0.15, -0.1) is 0 Å². The van der Waals surface area contributed by atoms with Crippen LogP contribution in [0.1, 0.15) is 10.5 Å². The van der Waals surface area contributed by atoms with Crippen molar-refractivity contribution in [3.63, 3.8) is 0 Å². The summed E-state index contributed by atoms with van der Waals surface area (Å²) in [5.74, 6) is -1.15. The van der Waals surface area contributed by atoms with Crippen LogP contribution in [0.25, 0.3) is 10.9 Å². The highest BCUT2D eigenvalue weighted by Gasteiger charge is 2.10. The Hall–Kier alpha value is -1.90. The smallest absolute Gasteiger partial charge is 0.228 e. The molecule has 0 radical (unpaired) electrons. The maximum absolute atomic E-state index is 10.7. The summed E-state index contributed by atoms with van der Waals surface area (Å²) >= 11 is 0. The molecule has 1 heterocycles. The minimum Gasteiger partial charge on any atom is -0.539 e. The van der Waals surface area contributed by atoms with Crippen molar-refractivity contribution in [2.75, 3.05) is 0 Å². The van der Waals surface area contributed by atoms with Crippen LogP contribution in [0.4, 0.5) is 0 Å². The first-order valence-corrected chi connectivity index (χ1v) is 4.29. The number of carboxylic acid groups (broad SMARTS) is 1. The van der Waals surface area contributed by atoms with E-state index in [2.05, 4.69) is 0 Å². The Labute approximate surface area is 81.2 Å². The lowest BCUT2D eigenvalue weighted by atomic mass is 10.2. The van der Waals surface area contributed by atoms with Gasteiger partial charge in [-0.25, -0.2) is 0 Å². The fraction of sp³-hybridized carbons (Fsp3) is 0.0909. The van der Waals surface area contributed by atoms with Gasteiger partial charge in [0.05, 0.1) is 0 Å². The molecule has 0 spiro atoms. The summed E-state index contributed by atoms with van der Waals surface area (Å²) in [6.45, 7) is 0. The van der Waals surface area contributed by atoms with Crippen molar-refractivity contribution in [3.05, 3.63) is 42.1 Å². The van der Waals surface area contributed by atoms with E-state index in [9.17, 15) is 9.90 Å². The van der Waals surface area contributed by atoms with Crippen molar-refractivity contribution < 1.29 is 14.5 Å². The lowest BCUT2D eigenvalue weighted by Gasteiger charge is -2.02. The molecule has 2 aromatic rings. The molecule has 0 saturated carbocycles. The number of para-hydroxylation sites is 1. The van der Waals surface area contributed by atoms with E-state index >= 15 is 0 Å². The molecule has 0 bridgehead atoms. The molecule has 0 fully saturated rings. The first kappa shape index (κ1) is 8.69. The second-order valence-corrected chi connectivity index (χ2v) is 3.12. The number of carbonyl (C=O) groups excluding carboxylic acids is 1. The molecule has 2 rings (SSSR count). The Morgan fingerprint density at radius 2 is 1.93 bits per heavy atom. The van der Waals surface area contributed by atoms with Crippen LogP contribution in [0.5, 0.6) is 0 Å². The van der Waals surface area contributed by atoms with Crippen molar-refractivity contribution in [1.82, 2.24) is 0 Å². The maximum atomic E-state index is 10.7. The van der Waals surface area contributed by atoms with Gasteiger partial charge in [0.1, 0.15) is 13.0 Å². The standard InChI is InChI=1S/C11H9NO2/c1-12-9-5-3-2-4-8(9)6-7-10(12)11(13)14/h2-7H,1H3. The lowest BCUT2D eigenvalue weighted by molar-refractivity contribution is -0.649. The van der Waals surface area contributed by atoms with E-state index in [0.29, 0.717) is 0 Å². The molecule has 0 unspecified atom stereocenters. The number of aromatic nitrogens is 1. The predicted octanol–water partition coefficient (Wildman–Crippen LogP) is 0.0278. The highest BCUT2D eigenvalue weighted by atomic mass is 16.4. The summed E-state index contributed by atoms with van der Waals surface area (Å²) < 4.78 is 1.62. The third-order valence-electron chi connectivity index (χ3n) is 2.29. The molecule has 0 aliphatic heterocycles. The monoisotopic (exact) mass is 187 g/mol. The van der Waals surface area contributed by atoms with Gasteiger partial charge in [-0.2, -0.15) is 4.57 Å². The average Bonchev–Trinajstić information content (AvgIpc) is 2.18. The summed E-state index contributed by atoms with van der Waals surface area (Å²) in [5.41, 5.74) is 1.07. The fourth-order valence-electron chi connectivity index (χ4n) is 1.55. The molecule has 0 amide bonds. The number of pyridine rings is 1. The largest absolute Gasteiger partial charge is 0.539 e. The maximum Gasteiger partial charge on any atom is 0.228 e. The van der Waals surface area contributed by atoms with Crippen molar-refractivity contribution in [2.45, 2.75) is 0 Å². The Balaban J connectivity index is 2.81. The van der Waals surface area contributed by atoms with Gasteiger partial charge in [-0.05, 0) is 12.1 Å². The number of rotatable bonds is 1. The zero-order valence-corrected chi connectivity index (χ0v) is 7.73. The molecule has 70 valence electrons. The molecule has 0 aliphatic carbocycles. The second-order valence-electron chi connectivity index (χ2n) is 3.12. The molecule has 3 nitrogen and oxygen atoms in total. The van der Waals surface area contributed by atoms with Crippen LogP contribution in [-0.4, -0.2) is 5.97 Å². The van der Waals surface area contributed by atoms with E-state index in [0.717, 1.165) is 10.9 Å². The number of hydrogen-bond donors (Lipinski definition) is 0. The summed E-state index contributed by atoms with van der Waals surface area (Å²) in [7, 11) is 1.72. The topological polar surface area (TPSA) is 44.0 Å². The average molecular weight is 187 g/mol. The Morgan fingerprint density at radius 1 is 1.21 bits per heavy atom.